The number of halogens is 1. The van der Waals surface area contributed by atoms with Crippen molar-refractivity contribution in [1.82, 2.24) is 9.97 Å². The number of aryl methyl sites for hydroxylation is 1. The van der Waals surface area contributed by atoms with E-state index >= 15 is 0 Å². The van der Waals surface area contributed by atoms with Crippen LogP contribution in [0.3, 0.4) is 0 Å². The molecule has 1 aliphatic carbocycles. The van der Waals surface area contributed by atoms with Crippen molar-refractivity contribution in [1.29, 1.82) is 0 Å². The highest BCUT2D eigenvalue weighted by atomic mass is 32.2. The van der Waals surface area contributed by atoms with Crippen LogP contribution in [0.2, 0.25) is 0 Å². The van der Waals surface area contributed by atoms with Gasteiger partial charge in [0.25, 0.3) is 0 Å². The summed E-state index contributed by atoms with van der Waals surface area (Å²) < 4.78 is 39.1. The number of Topliss-reactive ketones (excluding diaryl/α,β-unsaturated/α-hetero) is 1. The number of ketones is 1. The summed E-state index contributed by atoms with van der Waals surface area (Å²) in [6.45, 7) is 3.91. The minimum absolute atomic E-state index is 0.0158. The summed E-state index contributed by atoms with van der Waals surface area (Å²) in [6, 6.07) is 13.2. The number of nitrogens with one attached hydrogen (secondary N) is 1. The Hall–Kier alpha value is -2.80. The first-order valence-corrected chi connectivity index (χ1v) is 13.5. The Kier molecular flexibility index (Phi) is 7.31. The zero-order chi connectivity index (χ0) is 24.3. The van der Waals surface area contributed by atoms with Gasteiger partial charge in [0.1, 0.15) is 17.4 Å². The van der Waals surface area contributed by atoms with Crippen LogP contribution in [-0.2, 0) is 14.6 Å². The molecular weight excluding hydrogens is 451 g/mol. The predicted octanol–water partition coefficient (Wildman–Crippen LogP) is 5.87. The molecule has 1 heterocycles. The van der Waals surface area contributed by atoms with Crippen molar-refractivity contribution in [3.8, 4) is 11.4 Å². The van der Waals surface area contributed by atoms with Crippen molar-refractivity contribution in [2.45, 2.75) is 56.8 Å². The number of aromatic amines is 1. The first-order chi connectivity index (χ1) is 16.2. The van der Waals surface area contributed by atoms with Crippen LogP contribution in [0.25, 0.3) is 11.4 Å². The van der Waals surface area contributed by atoms with E-state index < -0.39 is 9.84 Å². The minimum atomic E-state index is -3.40. The number of carbonyl (C=O) groups excluding carboxylic acids is 1. The van der Waals surface area contributed by atoms with E-state index in [9.17, 15) is 17.6 Å². The van der Waals surface area contributed by atoms with Crippen molar-refractivity contribution in [3.05, 3.63) is 71.8 Å². The Morgan fingerprint density at radius 3 is 2.29 bits per heavy atom. The monoisotopic (exact) mass is 482 g/mol. The molecule has 0 unspecified atom stereocenters. The van der Waals surface area contributed by atoms with Crippen molar-refractivity contribution < 1.29 is 17.6 Å². The van der Waals surface area contributed by atoms with Gasteiger partial charge in [-0.15, -0.1) is 0 Å². The zero-order valence-electron chi connectivity index (χ0n) is 19.6. The number of benzene rings is 2. The molecule has 3 aromatic rings. The molecule has 0 amide bonds. The molecule has 1 N–H and O–H groups in total. The summed E-state index contributed by atoms with van der Waals surface area (Å²) in [7, 11) is -3.40. The quantitative estimate of drug-likeness (QED) is 0.436. The Labute approximate surface area is 200 Å². The highest BCUT2D eigenvalue weighted by Crippen LogP contribution is 2.34. The molecule has 0 bridgehead atoms. The summed E-state index contributed by atoms with van der Waals surface area (Å²) in [6.07, 6.45) is 5.11. The summed E-state index contributed by atoms with van der Waals surface area (Å²) in [5, 5.41) is 0. The van der Waals surface area contributed by atoms with Crippen molar-refractivity contribution in [2.75, 3.05) is 5.75 Å². The van der Waals surface area contributed by atoms with E-state index in [1.54, 1.807) is 42.6 Å². The van der Waals surface area contributed by atoms with Crippen molar-refractivity contribution in [3.63, 3.8) is 0 Å². The molecule has 2 aromatic carbocycles. The maximum absolute atomic E-state index is 13.1. The van der Waals surface area contributed by atoms with Crippen LogP contribution in [0.5, 0.6) is 0 Å². The lowest BCUT2D eigenvalue weighted by Crippen LogP contribution is -2.26. The zero-order valence-corrected chi connectivity index (χ0v) is 20.4. The van der Waals surface area contributed by atoms with Crippen LogP contribution in [0.4, 0.5) is 4.39 Å². The second kappa shape index (κ2) is 10.2. The molecule has 1 aliphatic rings. The number of hydrogen-bond donors (Lipinski definition) is 1. The number of carbonyl (C=O) groups is 1. The van der Waals surface area contributed by atoms with Crippen molar-refractivity contribution >= 4 is 15.6 Å². The fourth-order valence-corrected chi connectivity index (χ4v) is 6.51. The lowest BCUT2D eigenvalue weighted by Gasteiger charge is -2.28. The molecule has 5 nitrogen and oxygen atoms in total. The lowest BCUT2D eigenvalue weighted by molar-refractivity contribution is -0.124. The van der Waals surface area contributed by atoms with Gasteiger partial charge in [0.05, 0.1) is 10.6 Å². The molecule has 7 heteroatoms. The first kappa shape index (κ1) is 24.3. The van der Waals surface area contributed by atoms with Crippen LogP contribution in [0.15, 0.2) is 59.6 Å². The number of aromatic nitrogens is 2. The lowest BCUT2D eigenvalue weighted by atomic mass is 9.78. The highest BCUT2D eigenvalue weighted by molar-refractivity contribution is 7.91. The van der Waals surface area contributed by atoms with E-state index in [0.29, 0.717) is 11.3 Å². The van der Waals surface area contributed by atoms with Gasteiger partial charge in [0, 0.05) is 29.8 Å². The van der Waals surface area contributed by atoms with Gasteiger partial charge in [0.2, 0.25) is 0 Å². The van der Waals surface area contributed by atoms with E-state index in [2.05, 4.69) is 9.97 Å². The Bertz CT molecular complexity index is 1230. The van der Waals surface area contributed by atoms with Gasteiger partial charge in [0.15, 0.2) is 9.84 Å². The van der Waals surface area contributed by atoms with E-state index in [4.69, 9.17) is 0 Å². The summed E-state index contributed by atoms with van der Waals surface area (Å²) in [4.78, 5) is 20.6. The first-order valence-electron chi connectivity index (χ1n) is 11.8. The average Bonchev–Trinajstić information content (AvgIpc) is 3.26. The van der Waals surface area contributed by atoms with Crippen LogP contribution in [0.1, 0.15) is 56.2 Å². The van der Waals surface area contributed by atoms with Gasteiger partial charge in [-0.1, -0.05) is 19.1 Å². The van der Waals surface area contributed by atoms with Crippen LogP contribution in [0, 0.1) is 24.6 Å². The van der Waals surface area contributed by atoms with E-state index in [0.717, 1.165) is 48.3 Å². The maximum Gasteiger partial charge on any atom is 0.178 e. The molecule has 0 radical (unpaired) electrons. The Morgan fingerprint density at radius 1 is 1.06 bits per heavy atom. The van der Waals surface area contributed by atoms with Gasteiger partial charge in [-0.2, -0.15) is 0 Å². The third-order valence-corrected chi connectivity index (χ3v) is 8.79. The van der Waals surface area contributed by atoms with E-state index in [-0.39, 0.29) is 35.1 Å². The fraction of sp³-hybridized carbons (Fsp3) is 0.407. The van der Waals surface area contributed by atoms with Gasteiger partial charge in [-0.25, -0.2) is 17.8 Å². The molecule has 34 heavy (non-hydrogen) atoms. The second-order valence-electron chi connectivity index (χ2n) is 9.56. The Balaban J connectivity index is 1.29. The molecule has 1 aromatic heterocycles. The number of hydrogen-bond acceptors (Lipinski definition) is 4. The molecule has 180 valence electrons. The normalized spacial score (nSPS) is 19.6. The van der Waals surface area contributed by atoms with E-state index in [1.807, 2.05) is 13.8 Å². The SMILES string of the molecule is Cc1cnc(-c2ccc(S(=O)(=O)CC3CCC(C(=O)C[C@H](C)c4ccc(F)cc4)CC3)cc2)[nH]1. The standard InChI is InChI=1S/C27H31FN2O3S/c1-18(21-7-11-24(28)12-8-21)15-26(31)22-5-3-20(4-6-22)17-34(32,33)25-13-9-23(10-14-25)27-29-16-19(2)30-27/h7-14,16,18,20,22H,3-6,15,17H2,1-2H3,(H,29,30)/t18-,20?,22?/m0/s1. The summed E-state index contributed by atoms with van der Waals surface area (Å²) in [5.41, 5.74) is 2.76. The van der Waals surface area contributed by atoms with Gasteiger partial charge in [-0.05, 0) is 86.4 Å². The number of sulfone groups is 1. The van der Waals surface area contributed by atoms with Gasteiger partial charge >= 0.3 is 0 Å². The average molecular weight is 483 g/mol. The predicted molar refractivity (Wildman–Crippen MR) is 131 cm³/mol. The van der Waals surface area contributed by atoms with Crippen LogP contribution < -0.4 is 0 Å². The number of rotatable bonds is 8. The van der Waals surface area contributed by atoms with Gasteiger partial charge in [-0.3, -0.25) is 4.79 Å². The Morgan fingerprint density at radius 2 is 1.71 bits per heavy atom. The molecule has 0 aliphatic heterocycles. The van der Waals surface area contributed by atoms with Gasteiger partial charge < -0.3 is 4.98 Å². The second-order valence-corrected chi connectivity index (χ2v) is 11.6. The minimum Gasteiger partial charge on any atom is -0.342 e. The van der Waals surface area contributed by atoms with Crippen molar-refractivity contribution in [2.24, 2.45) is 11.8 Å². The van der Waals surface area contributed by atoms with Crippen LogP contribution in [-0.4, -0.2) is 29.9 Å². The number of imidazole rings is 1. The topological polar surface area (TPSA) is 79.9 Å². The summed E-state index contributed by atoms with van der Waals surface area (Å²) >= 11 is 0. The smallest absolute Gasteiger partial charge is 0.178 e. The van der Waals surface area contributed by atoms with E-state index in [1.165, 1.54) is 12.1 Å². The molecular formula is C27H31FN2O3S. The third-order valence-electron chi connectivity index (χ3n) is 6.89. The highest BCUT2D eigenvalue weighted by Gasteiger charge is 2.30. The maximum atomic E-state index is 13.1. The number of H-pyrrole nitrogens is 1. The largest absolute Gasteiger partial charge is 0.342 e. The number of nitrogens with zero attached hydrogens (tertiary/aromatic N) is 1. The molecule has 1 saturated carbocycles. The summed E-state index contributed by atoms with van der Waals surface area (Å²) in [5.74, 6) is 0.867. The molecule has 4 rings (SSSR count). The fourth-order valence-electron chi connectivity index (χ4n) is 4.81. The van der Waals surface area contributed by atoms with Crippen LogP contribution >= 0.6 is 0 Å². The molecule has 1 atom stereocenters. The molecule has 0 spiro atoms. The molecule has 1 fully saturated rings. The molecule has 0 saturated heterocycles. The third kappa shape index (κ3) is 5.81.